The average molecular weight is 352 g/mol. The third-order valence-electron chi connectivity index (χ3n) is 4.43. The molecule has 1 aliphatic rings. The molecule has 1 N–H and O–H groups in total. The van der Waals surface area contributed by atoms with Crippen molar-refractivity contribution < 1.29 is 9.59 Å². The topological polar surface area (TPSA) is 52.7 Å². The van der Waals surface area contributed by atoms with Gasteiger partial charge in [0.1, 0.15) is 0 Å². The molecule has 24 heavy (non-hydrogen) atoms. The van der Waals surface area contributed by atoms with Crippen LogP contribution >= 0.6 is 11.6 Å². The van der Waals surface area contributed by atoms with E-state index < -0.39 is 0 Å². The smallest absolute Gasteiger partial charge is 0.225 e. The van der Waals surface area contributed by atoms with Crippen molar-refractivity contribution in [2.75, 3.05) is 26.2 Å². The second kappa shape index (κ2) is 8.49. The SMILES string of the molecule is CC(=O)NC(CC(=O)N1CCN(C(C)C)CC1)c1ccc(Cl)cc1. The lowest BCUT2D eigenvalue weighted by atomic mass is 10.0. The summed E-state index contributed by atoms with van der Waals surface area (Å²) >= 11 is 5.92. The van der Waals surface area contributed by atoms with E-state index in [4.69, 9.17) is 11.6 Å². The van der Waals surface area contributed by atoms with Gasteiger partial charge in [0, 0.05) is 44.2 Å². The van der Waals surface area contributed by atoms with E-state index in [2.05, 4.69) is 24.1 Å². The zero-order valence-corrected chi connectivity index (χ0v) is 15.3. The lowest BCUT2D eigenvalue weighted by Gasteiger charge is -2.37. The highest BCUT2D eigenvalue weighted by molar-refractivity contribution is 6.30. The molecule has 1 atom stereocenters. The van der Waals surface area contributed by atoms with E-state index in [9.17, 15) is 9.59 Å². The maximum absolute atomic E-state index is 12.6. The van der Waals surface area contributed by atoms with Crippen LogP contribution in [-0.4, -0.2) is 53.8 Å². The van der Waals surface area contributed by atoms with Crippen molar-refractivity contribution in [3.05, 3.63) is 34.9 Å². The second-order valence-corrected chi connectivity index (χ2v) is 6.96. The molecule has 1 aromatic carbocycles. The highest BCUT2D eigenvalue weighted by Gasteiger charge is 2.25. The Bertz CT molecular complexity index is 566. The third-order valence-corrected chi connectivity index (χ3v) is 4.68. The van der Waals surface area contributed by atoms with Crippen molar-refractivity contribution in [3.8, 4) is 0 Å². The highest BCUT2D eigenvalue weighted by atomic mass is 35.5. The zero-order valence-electron chi connectivity index (χ0n) is 14.6. The van der Waals surface area contributed by atoms with E-state index in [-0.39, 0.29) is 24.3 Å². The highest BCUT2D eigenvalue weighted by Crippen LogP contribution is 2.21. The molecule has 0 spiro atoms. The van der Waals surface area contributed by atoms with E-state index in [0.29, 0.717) is 11.1 Å². The summed E-state index contributed by atoms with van der Waals surface area (Å²) in [4.78, 5) is 28.4. The first kappa shape index (κ1) is 18.7. The summed E-state index contributed by atoms with van der Waals surface area (Å²) in [5, 5.41) is 3.51. The van der Waals surface area contributed by atoms with Crippen molar-refractivity contribution in [2.45, 2.75) is 39.3 Å². The van der Waals surface area contributed by atoms with Crippen LogP contribution in [0.2, 0.25) is 5.02 Å². The van der Waals surface area contributed by atoms with Crippen LogP contribution in [0.1, 0.15) is 38.8 Å². The van der Waals surface area contributed by atoms with E-state index in [0.717, 1.165) is 31.7 Å². The summed E-state index contributed by atoms with van der Waals surface area (Å²) < 4.78 is 0. The molecule has 1 heterocycles. The van der Waals surface area contributed by atoms with Crippen LogP contribution in [0, 0.1) is 0 Å². The van der Waals surface area contributed by atoms with Gasteiger partial charge in [0.25, 0.3) is 0 Å². The maximum atomic E-state index is 12.6. The standard InChI is InChI=1S/C18H26ClN3O2/c1-13(2)21-8-10-22(11-9-21)18(24)12-17(20-14(3)23)15-4-6-16(19)7-5-15/h4-7,13,17H,8-12H2,1-3H3,(H,20,23). The number of nitrogens with one attached hydrogen (secondary N) is 1. The Kier molecular flexibility index (Phi) is 6.63. The van der Waals surface area contributed by atoms with Crippen LogP contribution in [-0.2, 0) is 9.59 Å². The largest absolute Gasteiger partial charge is 0.349 e. The number of halogens is 1. The van der Waals surface area contributed by atoms with Crippen molar-refractivity contribution in [2.24, 2.45) is 0 Å². The van der Waals surface area contributed by atoms with Crippen molar-refractivity contribution in [3.63, 3.8) is 0 Å². The van der Waals surface area contributed by atoms with Crippen LogP contribution in [0.5, 0.6) is 0 Å². The van der Waals surface area contributed by atoms with Gasteiger partial charge in [0.15, 0.2) is 0 Å². The van der Waals surface area contributed by atoms with E-state index in [1.54, 1.807) is 12.1 Å². The number of hydrogen-bond acceptors (Lipinski definition) is 3. The van der Waals surface area contributed by atoms with Gasteiger partial charge in [-0.25, -0.2) is 0 Å². The van der Waals surface area contributed by atoms with Gasteiger partial charge in [0.05, 0.1) is 12.5 Å². The van der Waals surface area contributed by atoms with Gasteiger partial charge in [-0.2, -0.15) is 0 Å². The summed E-state index contributed by atoms with van der Waals surface area (Å²) in [5.74, 6) is -0.0699. The van der Waals surface area contributed by atoms with E-state index in [1.807, 2.05) is 17.0 Å². The minimum Gasteiger partial charge on any atom is -0.349 e. The Hall–Kier alpha value is -1.59. The van der Waals surface area contributed by atoms with Crippen molar-refractivity contribution >= 4 is 23.4 Å². The summed E-state index contributed by atoms with van der Waals surface area (Å²) in [6.45, 7) is 9.09. The van der Waals surface area contributed by atoms with Crippen molar-refractivity contribution in [1.29, 1.82) is 0 Å². The van der Waals surface area contributed by atoms with Gasteiger partial charge in [-0.15, -0.1) is 0 Å². The van der Waals surface area contributed by atoms with Crippen LogP contribution in [0.25, 0.3) is 0 Å². The molecule has 6 heteroatoms. The quantitative estimate of drug-likeness (QED) is 0.886. The van der Waals surface area contributed by atoms with E-state index in [1.165, 1.54) is 6.92 Å². The molecular weight excluding hydrogens is 326 g/mol. The van der Waals surface area contributed by atoms with Crippen LogP contribution < -0.4 is 5.32 Å². The van der Waals surface area contributed by atoms with Gasteiger partial charge in [-0.1, -0.05) is 23.7 Å². The summed E-state index contributed by atoms with van der Waals surface area (Å²) in [6.07, 6.45) is 0.267. The van der Waals surface area contributed by atoms with E-state index >= 15 is 0 Å². The normalized spacial score (nSPS) is 17.0. The first-order valence-electron chi connectivity index (χ1n) is 8.41. The fourth-order valence-electron chi connectivity index (χ4n) is 2.98. The minimum absolute atomic E-state index is 0.0760. The molecule has 1 aromatic rings. The monoisotopic (exact) mass is 351 g/mol. The van der Waals surface area contributed by atoms with Crippen LogP contribution in [0.15, 0.2) is 24.3 Å². The molecule has 0 aliphatic carbocycles. The lowest BCUT2D eigenvalue weighted by Crippen LogP contribution is -2.51. The molecule has 0 radical (unpaired) electrons. The van der Waals surface area contributed by atoms with Crippen LogP contribution in [0.4, 0.5) is 0 Å². The fourth-order valence-corrected chi connectivity index (χ4v) is 3.11. The first-order chi connectivity index (χ1) is 11.4. The molecule has 0 saturated carbocycles. The zero-order chi connectivity index (χ0) is 17.7. The molecule has 1 saturated heterocycles. The molecule has 2 amide bonds. The van der Waals surface area contributed by atoms with Gasteiger partial charge >= 0.3 is 0 Å². The first-order valence-corrected chi connectivity index (χ1v) is 8.79. The fraction of sp³-hybridized carbons (Fsp3) is 0.556. The lowest BCUT2D eigenvalue weighted by molar-refractivity contribution is -0.134. The Morgan fingerprint density at radius 2 is 1.71 bits per heavy atom. The molecule has 2 rings (SSSR count). The summed E-state index contributed by atoms with van der Waals surface area (Å²) in [5.41, 5.74) is 0.892. The number of amides is 2. The van der Waals surface area contributed by atoms with Gasteiger partial charge in [-0.3, -0.25) is 14.5 Å². The molecule has 1 unspecified atom stereocenters. The van der Waals surface area contributed by atoms with Gasteiger partial charge < -0.3 is 10.2 Å². The number of carbonyl (C=O) groups is 2. The van der Waals surface area contributed by atoms with Crippen molar-refractivity contribution in [1.82, 2.24) is 15.1 Å². The molecule has 0 aromatic heterocycles. The predicted molar refractivity (Wildman–Crippen MR) is 95.9 cm³/mol. The molecular formula is C18H26ClN3O2. The number of carbonyl (C=O) groups excluding carboxylic acids is 2. The number of piperazine rings is 1. The Morgan fingerprint density at radius 3 is 2.21 bits per heavy atom. The number of hydrogen-bond donors (Lipinski definition) is 1. The Balaban J connectivity index is 2.00. The Labute approximate surface area is 149 Å². The average Bonchev–Trinajstić information content (AvgIpc) is 2.54. The third kappa shape index (κ3) is 5.21. The summed E-state index contributed by atoms with van der Waals surface area (Å²) in [7, 11) is 0. The number of benzene rings is 1. The maximum Gasteiger partial charge on any atom is 0.225 e. The molecule has 132 valence electrons. The molecule has 5 nitrogen and oxygen atoms in total. The molecule has 1 fully saturated rings. The predicted octanol–water partition coefficient (Wildman–Crippen LogP) is 2.46. The summed E-state index contributed by atoms with van der Waals surface area (Å²) in [6, 6.07) is 7.44. The molecule has 0 bridgehead atoms. The Morgan fingerprint density at radius 1 is 1.12 bits per heavy atom. The van der Waals surface area contributed by atoms with Gasteiger partial charge in [-0.05, 0) is 31.5 Å². The van der Waals surface area contributed by atoms with Gasteiger partial charge in [0.2, 0.25) is 11.8 Å². The second-order valence-electron chi connectivity index (χ2n) is 6.52. The van der Waals surface area contributed by atoms with Crippen LogP contribution in [0.3, 0.4) is 0 Å². The minimum atomic E-state index is -0.324. The number of rotatable bonds is 5. The number of nitrogens with zero attached hydrogens (tertiary/aromatic N) is 2. The molecule has 1 aliphatic heterocycles.